The Morgan fingerprint density at radius 1 is 1.32 bits per heavy atom. The van der Waals surface area contributed by atoms with Crippen LogP contribution in [0.4, 0.5) is 0 Å². The molecule has 1 aromatic carbocycles. The van der Waals surface area contributed by atoms with Crippen molar-refractivity contribution in [3.8, 4) is 6.07 Å². The number of Topliss-reactive ketones (excluding diaryl/α,β-unsaturated/α-hetero) is 1. The molecule has 0 aromatic heterocycles. The van der Waals surface area contributed by atoms with Crippen LogP contribution in [0.5, 0.6) is 0 Å². The van der Waals surface area contributed by atoms with E-state index < -0.39 is 0 Å². The quantitative estimate of drug-likeness (QED) is 0.759. The smallest absolute Gasteiger partial charge is 0.158 e. The van der Waals surface area contributed by atoms with Crippen LogP contribution in [0.2, 0.25) is 0 Å². The molecule has 0 spiro atoms. The summed E-state index contributed by atoms with van der Waals surface area (Å²) in [7, 11) is 0. The highest BCUT2D eigenvalue weighted by molar-refractivity contribution is 8.03. The van der Waals surface area contributed by atoms with Crippen molar-refractivity contribution < 1.29 is 4.79 Å². The number of nitriles is 1. The lowest BCUT2D eigenvalue weighted by Crippen LogP contribution is -2.27. The summed E-state index contributed by atoms with van der Waals surface area (Å²) in [4.78, 5) is 12.3. The Kier molecular flexibility index (Phi) is 6.27. The molecule has 130 valence electrons. The third kappa shape index (κ3) is 4.43. The van der Waals surface area contributed by atoms with Gasteiger partial charge < -0.3 is 5.32 Å². The third-order valence-electron chi connectivity index (χ3n) is 4.12. The van der Waals surface area contributed by atoms with E-state index in [1.54, 1.807) is 18.7 Å². The summed E-state index contributed by atoms with van der Waals surface area (Å²) in [5.41, 5.74) is 5.48. The van der Waals surface area contributed by atoms with Crippen LogP contribution in [0.3, 0.4) is 0 Å². The zero-order valence-electron chi connectivity index (χ0n) is 15.4. The zero-order valence-corrected chi connectivity index (χ0v) is 16.3. The van der Waals surface area contributed by atoms with E-state index in [0.717, 1.165) is 27.6 Å². The largest absolute Gasteiger partial charge is 0.353 e. The highest BCUT2D eigenvalue weighted by atomic mass is 32.2. The molecule has 0 bridgehead atoms. The molecule has 1 aliphatic heterocycles. The first kappa shape index (κ1) is 19.1. The van der Waals surface area contributed by atoms with Gasteiger partial charge in [0.25, 0.3) is 0 Å². The minimum Gasteiger partial charge on any atom is -0.353 e. The van der Waals surface area contributed by atoms with Crippen molar-refractivity contribution in [2.45, 2.75) is 40.5 Å². The number of nitrogens with zero attached hydrogens (tertiary/aromatic N) is 1. The minimum atomic E-state index is -0.308. The van der Waals surface area contributed by atoms with E-state index in [2.05, 4.69) is 37.4 Å². The summed E-state index contributed by atoms with van der Waals surface area (Å²) in [6.45, 7) is 9.62. The van der Waals surface area contributed by atoms with Crippen molar-refractivity contribution in [1.82, 2.24) is 5.32 Å². The molecule has 1 heterocycles. The van der Waals surface area contributed by atoms with Gasteiger partial charge in [0.2, 0.25) is 0 Å². The molecule has 0 radical (unpaired) electrons. The average molecular weight is 353 g/mol. The van der Waals surface area contributed by atoms with Gasteiger partial charge in [-0.15, -0.1) is 11.8 Å². The topological polar surface area (TPSA) is 52.9 Å². The number of carbonyl (C=O) groups is 1. The van der Waals surface area contributed by atoms with Crippen LogP contribution in [0.15, 0.2) is 57.8 Å². The minimum absolute atomic E-state index is 0.00222. The summed E-state index contributed by atoms with van der Waals surface area (Å²) in [5, 5.41) is 14.0. The molecular formula is C21H24N2OS. The van der Waals surface area contributed by atoms with Crippen LogP contribution in [0, 0.1) is 18.3 Å². The Bertz CT molecular complexity index is 821. The number of benzene rings is 1. The van der Waals surface area contributed by atoms with Crippen LogP contribution in [0.25, 0.3) is 0 Å². The lowest BCUT2D eigenvalue weighted by Gasteiger charge is -2.29. The lowest BCUT2D eigenvalue weighted by molar-refractivity contribution is -0.113. The first-order chi connectivity index (χ1) is 11.8. The van der Waals surface area contributed by atoms with Crippen molar-refractivity contribution in [3.05, 3.63) is 68.9 Å². The van der Waals surface area contributed by atoms with Gasteiger partial charge in [-0.1, -0.05) is 41.5 Å². The van der Waals surface area contributed by atoms with E-state index in [0.29, 0.717) is 11.1 Å². The number of nitrogens with one attached hydrogen (secondary N) is 1. The molecule has 1 atom stereocenters. The molecule has 1 aliphatic rings. The van der Waals surface area contributed by atoms with Crippen molar-refractivity contribution in [2.75, 3.05) is 5.75 Å². The van der Waals surface area contributed by atoms with Gasteiger partial charge in [-0.25, -0.2) is 0 Å². The molecule has 0 saturated heterocycles. The predicted octanol–water partition coefficient (Wildman–Crippen LogP) is 4.98. The Balaban J connectivity index is 2.55. The van der Waals surface area contributed by atoms with Crippen LogP contribution < -0.4 is 5.32 Å². The Labute approximate surface area is 154 Å². The van der Waals surface area contributed by atoms with Gasteiger partial charge in [0.15, 0.2) is 5.78 Å². The maximum absolute atomic E-state index is 12.3. The maximum Gasteiger partial charge on any atom is 0.158 e. The second kappa shape index (κ2) is 8.22. The molecule has 1 N–H and O–H groups in total. The van der Waals surface area contributed by atoms with E-state index in [9.17, 15) is 10.1 Å². The molecule has 1 aromatic rings. The first-order valence-corrected chi connectivity index (χ1v) is 9.29. The number of carbonyl (C=O) groups excluding carboxylic acids is 1. The summed E-state index contributed by atoms with van der Waals surface area (Å²) < 4.78 is 0. The number of ketones is 1. The third-order valence-corrected chi connectivity index (χ3v) is 5.07. The monoisotopic (exact) mass is 352 g/mol. The summed E-state index contributed by atoms with van der Waals surface area (Å²) >= 11 is 1.60. The fourth-order valence-electron chi connectivity index (χ4n) is 2.97. The van der Waals surface area contributed by atoms with Crippen molar-refractivity contribution in [2.24, 2.45) is 0 Å². The molecule has 2 rings (SSSR count). The summed E-state index contributed by atoms with van der Waals surface area (Å²) in [6.07, 6.45) is 2.13. The number of rotatable bonds is 5. The Morgan fingerprint density at radius 3 is 2.60 bits per heavy atom. The highest BCUT2D eigenvalue weighted by Crippen LogP contribution is 2.40. The number of dihydropyridines is 1. The molecular weight excluding hydrogens is 328 g/mol. The normalized spacial score (nSPS) is 17.0. The number of allylic oxidation sites excluding steroid dienone is 4. The Morgan fingerprint density at radius 2 is 2.04 bits per heavy atom. The van der Waals surface area contributed by atoms with Gasteiger partial charge in [-0.2, -0.15) is 5.26 Å². The van der Waals surface area contributed by atoms with Crippen molar-refractivity contribution >= 4 is 17.5 Å². The standard InChI is InChI=1S/C21H24N2OS/c1-13(2)9-10-25-21-18(12-22)20(17-8-6-7-14(3)11-17)19(16(5)24)15(4)23-21/h6-9,11,20,23H,10H2,1-5H3. The molecule has 25 heavy (non-hydrogen) atoms. The fourth-order valence-corrected chi connectivity index (χ4v) is 4.10. The molecule has 0 amide bonds. The van der Waals surface area contributed by atoms with Crippen LogP contribution in [-0.4, -0.2) is 11.5 Å². The number of thioether (sulfide) groups is 1. The van der Waals surface area contributed by atoms with Crippen LogP contribution in [-0.2, 0) is 4.79 Å². The van der Waals surface area contributed by atoms with E-state index in [1.807, 2.05) is 32.0 Å². The van der Waals surface area contributed by atoms with E-state index >= 15 is 0 Å². The highest BCUT2D eigenvalue weighted by Gasteiger charge is 2.32. The second-order valence-electron chi connectivity index (χ2n) is 6.51. The SMILES string of the molecule is CC(=O)C1=C(C)NC(SCC=C(C)C)=C(C#N)C1c1cccc(C)c1. The molecule has 4 heteroatoms. The average Bonchev–Trinajstić information content (AvgIpc) is 2.53. The molecule has 0 aliphatic carbocycles. The molecule has 3 nitrogen and oxygen atoms in total. The summed E-state index contributed by atoms with van der Waals surface area (Å²) in [6, 6.07) is 10.4. The molecule has 0 fully saturated rings. The van der Waals surface area contributed by atoms with Crippen LogP contribution in [0.1, 0.15) is 44.7 Å². The lowest BCUT2D eigenvalue weighted by atomic mass is 9.80. The van der Waals surface area contributed by atoms with E-state index in [1.165, 1.54) is 5.57 Å². The zero-order chi connectivity index (χ0) is 18.6. The number of aryl methyl sites for hydroxylation is 1. The fraction of sp³-hybridized carbons (Fsp3) is 0.333. The summed E-state index contributed by atoms with van der Waals surface area (Å²) in [5.74, 6) is 0.481. The maximum atomic E-state index is 12.3. The number of hydrogen-bond acceptors (Lipinski definition) is 4. The molecule has 0 saturated carbocycles. The van der Waals surface area contributed by atoms with Gasteiger partial charge >= 0.3 is 0 Å². The van der Waals surface area contributed by atoms with Gasteiger partial charge in [0, 0.05) is 17.0 Å². The second-order valence-corrected chi connectivity index (χ2v) is 7.54. The van der Waals surface area contributed by atoms with Gasteiger partial charge in [-0.05, 0) is 40.2 Å². The number of hydrogen-bond donors (Lipinski definition) is 1. The van der Waals surface area contributed by atoms with Crippen LogP contribution >= 0.6 is 11.8 Å². The predicted molar refractivity (Wildman–Crippen MR) is 105 cm³/mol. The first-order valence-electron chi connectivity index (χ1n) is 8.30. The van der Waals surface area contributed by atoms with Gasteiger partial charge in [-0.3, -0.25) is 4.79 Å². The Hall–Kier alpha value is -2.25. The van der Waals surface area contributed by atoms with Crippen molar-refractivity contribution in [3.63, 3.8) is 0 Å². The van der Waals surface area contributed by atoms with E-state index in [4.69, 9.17) is 0 Å². The molecule has 1 unspecified atom stereocenters. The van der Waals surface area contributed by atoms with Crippen molar-refractivity contribution in [1.29, 1.82) is 5.26 Å². The van der Waals surface area contributed by atoms with E-state index in [-0.39, 0.29) is 11.7 Å². The van der Waals surface area contributed by atoms with Gasteiger partial charge in [0.1, 0.15) is 0 Å². The van der Waals surface area contributed by atoms with Gasteiger partial charge in [0.05, 0.1) is 22.6 Å².